The molecule has 0 aliphatic carbocycles. The topological polar surface area (TPSA) is 122 Å². The number of nitrogens with zero attached hydrogens (tertiary/aromatic N) is 3. The average Bonchev–Trinajstić information content (AvgIpc) is 2.97. The largest absolute Gasteiger partial charge is 0.389 e. The number of aliphatic hydroxyl groups excluding tert-OH is 1. The van der Waals surface area contributed by atoms with Gasteiger partial charge in [0.2, 0.25) is 5.03 Å². The zero-order valence-corrected chi connectivity index (χ0v) is 13.2. The molecule has 2 rings (SSSR count). The summed E-state index contributed by atoms with van der Waals surface area (Å²) in [6.45, 7) is -0.0559. The first kappa shape index (κ1) is 16.1. The second kappa shape index (κ2) is 6.25. The molecule has 4 N–H and O–H groups in total. The number of rotatable bonds is 7. The van der Waals surface area contributed by atoms with Crippen LogP contribution >= 0.6 is 11.3 Å². The summed E-state index contributed by atoms with van der Waals surface area (Å²) in [5.41, 5.74) is 2.29. The van der Waals surface area contributed by atoms with Gasteiger partial charge in [0, 0.05) is 32.3 Å². The number of methoxy groups -OCH3 is 1. The summed E-state index contributed by atoms with van der Waals surface area (Å²) < 4.78 is 32.6. The van der Waals surface area contributed by atoms with E-state index >= 15 is 0 Å². The van der Waals surface area contributed by atoms with E-state index in [1.807, 2.05) is 0 Å². The number of aliphatic hydroxyl groups is 1. The van der Waals surface area contributed by atoms with Gasteiger partial charge in [-0.1, -0.05) is 0 Å². The quantitative estimate of drug-likeness (QED) is 0.452. The Labute approximate surface area is 126 Å². The van der Waals surface area contributed by atoms with Crippen LogP contribution in [0.25, 0.3) is 4.96 Å². The third-order valence-corrected chi connectivity index (χ3v) is 5.44. The van der Waals surface area contributed by atoms with Crippen molar-refractivity contribution >= 4 is 32.1 Å². The van der Waals surface area contributed by atoms with Crippen molar-refractivity contribution in [3.8, 4) is 0 Å². The van der Waals surface area contributed by atoms with Gasteiger partial charge in [0.15, 0.2) is 10.8 Å². The van der Waals surface area contributed by atoms with E-state index in [1.165, 1.54) is 29.9 Å². The van der Waals surface area contributed by atoms with Crippen LogP contribution < -0.4 is 11.3 Å². The number of ether oxygens (including phenoxy) is 1. The summed E-state index contributed by atoms with van der Waals surface area (Å²) in [4.78, 5) is 4.61. The van der Waals surface area contributed by atoms with Gasteiger partial charge in [-0.05, 0) is 0 Å². The number of thiazole rings is 1. The first-order valence-electron chi connectivity index (χ1n) is 5.97. The van der Waals surface area contributed by atoms with Gasteiger partial charge in [-0.2, -0.15) is 9.29 Å². The number of sulfonamides is 1. The van der Waals surface area contributed by atoms with Crippen LogP contribution in [0.4, 0.5) is 5.82 Å². The molecule has 2 heterocycles. The summed E-state index contributed by atoms with van der Waals surface area (Å²) >= 11 is 1.29. The molecule has 1 atom stereocenters. The van der Waals surface area contributed by atoms with Crippen molar-refractivity contribution in [2.45, 2.75) is 11.1 Å². The van der Waals surface area contributed by atoms with Crippen LogP contribution in [0.2, 0.25) is 0 Å². The van der Waals surface area contributed by atoms with Crippen LogP contribution in [0.3, 0.4) is 0 Å². The molecular formula is C10H17N5O4S2. The highest BCUT2D eigenvalue weighted by Crippen LogP contribution is 2.27. The third-order valence-electron chi connectivity index (χ3n) is 2.84. The van der Waals surface area contributed by atoms with Crippen LogP contribution in [0.1, 0.15) is 0 Å². The maximum atomic E-state index is 12.6. The Morgan fingerprint density at radius 1 is 1.67 bits per heavy atom. The predicted octanol–water partition coefficient (Wildman–Crippen LogP) is -0.691. The lowest BCUT2D eigenvalue weighted by molar-refractivity contribution is 0.0554. The maximum Gasteiger partial charge on any atom is 0.262 e. The average molecular weight is 335 g/mol. The number of hydrogen-bond donors (Lipinski definition) is 3. The van der Waals surface area contributed by atoms with Crippen molar-refractivity contribution in [1.29, 1.82) is 0 Å². The normalized spacial score (nSPS) is 14.0. The predicted molar refractivity (Wildman–Crippen MR) is 78.6 cm³/mol. The summed E-state index contributed by atoms with van der Waals surface area (Å²) in [7, 11) is -1.06. The second-order valence-corrected chi connectivity index (χ2v) is 7.19. The fourth-order valence-electron chi connectivity index (χ4n) is 1.89. The van der Waals surface area contributed by atoms with Crippen molar-refractivity contribution in [2.75, 3.05) is 32.7 Å². The van der Waals surface area contributed by atoms with E-state index < -0.39 is 16.1 Å². The SMILES string of the molecule is COCC(O)CN(C)S(=O)(=O)c1c(NN)nc2sccn12. The minimum atomic E-state index is -3.87. The molecule has 0 fully saturated rings. The van der Waals surface area contributed by atoms with Crippen molar-refractivity contribution < 1.29 is 18.3 Å². The molecule has 1 unspecified atom stereocenters. The lowest BCUT2D eigenvalue weighted by atomic mass is 10.4. The lowest BCUT2D eigenvalue weighted by Crippen LogP contribution is -2.37. The van der Waals surface area contributed by atoms with Crippen LogP contribution in [-0.4, -0.2) is 60.6 Å². The molecule has 0 amide bonds. The number of anilines is 1. The number of nitrogen functional groups attached to an aromatic ring is 1. The molecule has 2 aromatic rings. The summed E-state index contributed by atoms with van der Waals surface area (Å²) in [5, 5.41) is 11.4. The van der Waals surface area contributed by atoms with E-state index in [2.05, 4.69) is 10.4 Å². The first-order chi connectivity index (χ1) is 9.91. The summed E-state index contributed by atoms with van der Waals surface area (Å²) in [6.07, 6.45) is 0.676. The molecule has 2 aromatic heterocycles. The number of fused-ring (bicyclic) bond motifs is 1. The van der Waals surface area contributed by atoms with Gasteiger partial charge < -0.3 is 15.3 Å². The minimum absolute atomic E-state index is 0.0438. The molecule has 0 aliphatic rings. The molecule has 0 aliphatic heterocycles. The molecule has 11 heteroatoms. The van der Waals surface area contributed by atoms with Crippen LogP contribution in [0.5, 0.6) is 0 Å². The minimum Gasteiger partial charge on any atom is -0.389 e. The molecule has 0 saturated carbocycles. The Morgan fingerprint density at radius 2 is 2.38 bits per heavy atom. The monoisotopic (exact) mass is 335 g/mol. The van der Waals surface area contributed by atoms with Crippen LogP contribution in [0, 0.1) is 0 Å². The van der Waals surface area contributed by atoms with Crippen molar-refractivity contribution in [2.24, 2.45) is 5.84 Å². The van der Waals surface area contributed by atoms with Gasteiger partial charge in [-0.15, -0.1) is 11.3 Å². The molecule has 0 spiro atoms. The second-order valence-electron chi connectivity index (χ2n) is 4.36. The highest BCUT2D eigenvalue weighted by atomic mass is 32.2. The van der Waals surface area contributed by atoms with Gasteiger partial charge in [0.25, 0.3) is 10.0 Å². The highest BCUT2D eigenvalue weighted by Gasteiger charge is 2.30. The summed E-state index contributed by atoms with van der Waals surface area (Å²) in [6, 6.07) is 0. The standard InChI is InChI=1S/C10H17N5O4S2/c1-14(5-7(16)6-19-2)21(17,18)9-8(13-11)12-10-15(9)3-4-20-10/h3-4,7,13,16H,5-6,11H2,1-2H3. The Hall–Kier alpha value is -1.24. The fourth-order valence-corrected chi connectivity index (χ4v) is 4.07. The number of nitrogens with one attached hydrogen (secondary N) is 1. The van der Waals surface area contributed by atoms with E-state index in [1.54, 1.807) is 11.6 Å². The molecule has 0 radical (unpaired) electrons. The Kier molecular flexibility index (Phi) is 4.81. The molecule has 21 heavy (non-hydrogen) atoms. The van der Waals surface area contributed by atoms with E-state index in [0.717, 1.165) is 4.31 Å². The molecule has 9 nitrogen and oxygen atoms in total. The van der Waals surface area contributed by atoms with Crippen LogP contribution in [-0.2, 0) is 14.8 Å². The molecular weight excluding hydrogens is 318 g/mol. The van der Waals surface area contributed by atoms with Crippen molar-refractivity contribution in [3.05, 3.63) is 11.6 Å². The van der Waals surface area contributed by atoms with Crippen LogP contribution in [0.15, 0.2) is 16.6 Å². The molecule has 0 saturated heterocycles. The molecule has 0 aromatic carbocycles. The first-order valence-corrected chi connectivity index (χ1v) is 8.29. The van der Waals surface area contributed by atoms with E-state index in [4.69, 9.17) is 10.6 Å². The number of nitrogens with two attached hydrogens (primary N) is 1. The van der Waals surface area contributed by atoms with E-state index in [9.17, 15) is 13.5 Å². The Balaban J connectivity index is 2.38. The van der Waals surface area contributed by atoms with Gasteiger partial charge in [0.1, 0.15) is 0 Å². The van der Waals surface area contributed by atoms with Gasteiger partial charge in [0.05, 0.1) is 12.7 Å². The molecule has 0 bridgehead atoms. The van der Waals surface area contributed by atoms with Crippen molar-refractivity contribution in [3.63, 3.8) is 0 Å². The number of hydrazine groups is 1. The maximum absolute atomic E-state index is 12.6. The van der Waals surface area contributed by atoms with Crippen molar-refractivity contribution in [1.82, 2.24) is 13.7 Å². The Bertz CT molecular complexity index is 710. The Morgan fingerprint density at radius 3 is 3.00 bits per heavy atom. The third kappa shape index (κ3) is 3.02. The number of hydrogen-bond acceptors (Lipinski definition) is 8. The molecule has 118 valence electrons. The van der Waals surface area contributed by atoms with E-state index in [0.29, 0.717) is 4.96 Å². The number of imidazole rings is 1. The fraction of sp³-hybridized carbons (Fsp3) is 0.500. The zero-order chi connectivity index (χ0) is 15.6. The summed E-state index contributed by atoms with van der Waals surface area (Å²) in [5.74, 6) is 5.41. The van der Waals surface area contributed by atoms with Gasteiger partial charge in [-0.25, -0.2) is 14.3 Å². The number of aromatic nitrogens is 2. The lowest BCUT2D eigenvalue weighted by Gasteiger charge is -2.20. The smallest absolute Gasteiger partial charge is 0.262 e. The zero-order valence-electron chi connectivity index (χ0n) is 11.6. The number of likely N-dealkylation sites (N-methyl/N-ethyl adjacent to an activating group) is 1. The van der Waals surface area contributed by atoms with E-state index in [-0.39, 0.29) is 24.0 Å². The van der Waals surface area contributed by atoms with Gasteiger partial charge in [-0.3, -0.25) is 4.40 Å². The highest BCUT2D eigenvalue weighted by molar-refractivity contribution is 7.89. The van der Waals surface area contributed by atoms with Gasteiger partial charge >= 0.3 is 0 Å².